The molecular weight excluding hydrogens is 819 g/mol. The first-order chi connectivity index (χ1) is 33.5. The Morgan fingerprint density at radius 2 is 0.765 bits per heavy atom. The molecule has 0 spiro atoms. The molecule has 0 fully saturated rings. The minimum Gasteiger partial charge on any atom is -0.310 e. The average Bonchev–Trinajstić information content (AvgIpc) is 3.70. The Hall–Kier alpha value is -8.52. The average molecular weight is 866 g/mol. The van der Waals surface area contributed by atoms with Crippen LogP contribution in [0.2, 0.25) is 0 Å². The summed E-state index contributed by atoms with van der Waals surface area (Å²) in [5.41, 5.74) is 18.1. The summed E-state index contributed by atoms with van der Waals surface area (Å²) < 4.78 is 0. The van der Waals surface area contributed by atoms with Crippen LogP contribution in [0.15, 0.2) is 249 Å². The van der Waals surface area contributed by atoms with E-state index in [-0.39, 0.29) is 0 Å². The molecule has 0 heterocycles. The molecule has 0 saturated heterocycles. The second-order valence-electron chi connectivity index (χ2n) is 18.5. The van der Waals surface area contributed by atoms with Gasteiger partial charge in [-0.1, -0.05) is 194 Å². The summed E-state index contributed by atoms with van der Waals surface area (Å²) in [6.45, 7) is 4.32. The molecule has 12 aromatic carbocycles. The van der Waals surface area contributed by atoms with Crippen molar-refractivity contribution in [1.82, 2.24) is 0 Å². The monoisotopic (exact) mass is 865 g/mol. The molecule has 0 amide bonds. The van der Waals surface area contributed by atoms with E-state index in [1.807, 2.05) is 0 Å². The molecule has 1 heteroatoms. The Balaban J connectivity index is 1.01. The Bertz CT molecular complexity index is 3850. The third-order valence-corrected chi connectivity index (χ3v) is 14.6. The Morgan fingerprint density at radius 3 is 1.40 bits per heavy atom. The molecule has 68 heavy (non-hydrogen) atoms. The highest BCUT2D eigenvalue weighted by atomic mass is 15.1. The number of fused-ring (bicyclic) bond motifs is 9. The summed E-state index contributed by atoms with van der Waals surface area (Å²) in [5, 5.41) is 9.93. The van der Waals surface area contributed by atoms with Crippen LogP contribution in [0.1, 0.15) is 33.4 Å². The minimum atomic E-state index is -0.524. The molecule has 12 aromatic rings. The molecule has 0 aliphatic heterocycles. The molecule has 0 unspecified atom stereocenters. The fourth-order valence-electron chi connectivity index (χ4n) is 11.7. The highest BCUT2D eigenvalue weighted by molar-refractivity contribution is 6.24. The van der Waals surface area contributed by atoms with Crippen LogP contribution in [0, 0.1) is 13.8 Å². The second kappa shape index (κ2) is 15.8. The van der Waals surface area contributed by atoms with Crippen molar-refractivity contribution in [3.05, 3.63) is 282 Å². The quantitative estimate of drug-likeness (QED) is 0.144. The third kappa shape index (κ3) is 6.16. The first kappa shape index (κ1) is 39.8. The maximum absolute atomic E-state index is 2.50. The number of rotatable bonds is 7. The number of hydrogen-bond donors (Lipinski definition) is 0. The molecule has 1 nitrogen and oxygen atoms in total. The minimum absolute atomic E-state index is 0.524. The standard InChI is InChI=1S/C67H47N/c1-44-18-15-24-51(38-44)68(52-25-16-19-45(2)39-52)53-37-36-46-40-48(35-34-47(46)41-53)61-42-63-57-29-12-11-28-56(57)62(43-64(63)55-27-10-9-26-54(55)61)60-32-17-31-59-58-30-13-14-33-65(58)67(66(59)60,49-20-5-3-6-21-49)50-22-7-4-8-23-50/h3-43H,1-2H3. The van der Waals surface area contributed by atoms with E-state index in [2.05, 4.69) is 267 Å². The van der Waals surface area contributed by atoms with E-state index < -0.39 is 5.41 Å². The van der Waals surface area contributed by atoms with Crippen LogP contribution in [0.25, 0.3) is 76.5 Å². The van der Waals surface area contributed by atoms with Crippen molar-refractivity contribution in [2.24, 2.45) is 0 Å². The molecule has 0 N–H and O–H groups in total. The fraction of sp³-hybridized carbons (Fsp3) is 0.0448. The van der Waals surface area contributed by atoms with Crippen LogP contribution >= 0.6 is 0 Å². The zero-order valence-corrected chi connectivity index (χ0v) is 38.1. The van der Waals surface area contributed by atoms with Crippen molar-refractivity contribution in [3.8, 4) is 33.4 Å². The predicted molar refractivity (Wildman–Crippen MR) is 289 cm³/mol. The molecule has 0 bridgehead atoms. The van der Waals surface area contributed by atoms with Gasteiger partial charge in [0.15, 0.2) is 0 Å². The zero-order chi connectivity index (χ0) is 45.3. The van der Waals surface area contributed by atoms with E-state index in [0.717, 1.165) is 17.1 Å². The maximum atomic E-state index is 2.50. The first-order valence-corrected chi connectivity index (χ1v) is 23.7. The molecule has 0 atom stereocenters. The number of benzene rings is 12. The van der Waals surface area contributed by atoms with Gasteiger partial charge >= 0.3 is 0 Å². The van der Waals surface area contributed by atoms with Crippen molar-refractivity contribution in [2.75, 3.05) is 4.90 Å². The van der Waals surface area contributed by atoms with Gasteiger partial charge in [0.1, 0.15) is 0 Å². The molecule has 1 aliphatic carbocycles. The van der Waals surface area contributed by atoms with E-state index in [4.69, 9.17) is 0 Å². The topological polar surface area (TPSA) is 3.24 Å². The molecule has 0 radical (unpaired) electrons. The summed E-state index contributed by atoms with van der Waals surface area (Å²) in [6.07, 6.45) is 0. The van der Waals surface area contributed by atoms with Crippen molar-refractivity contribution in [1.29, 1.82) is 0 Å². The lowest BCUT2D eigenvalue weighted by Gasteiger charge is -2.35. The Labute approximate surface area is 397 Å². The van der Waals surface area contributed by atoms with Gasteiger partial charge in [-0.15, -0.1) is 0 Å². The SMILES string of the molecule is Cc1cccc(N(c2cccc(C)c2)c2ccc3cc(-c4cc5c6ccccc6c(-c6cccc7c6C(c6ccccc6)(c6ccccc6)c6ccccc6-7)cc5c5ccccc45)ccc3c2)c1. The van der Waals surface area contributed by atoms with Crippen LogP contribution in [-0.2, 0) is 5.41 Å². The van der Waals surface area contributed by atoms with Crippen molar-refractivity contribution in [3.63, 3.8) is 0 Å². The molecule has 1 aliphatic rings. The van der Waals surface area contributed by atoms with Crippen molar-refractivity contribution >= 4 is 60.2 Å². The highest BCUT2D eigenvalue weighted by Crippen LogP contribution is 2.59. The number of anilines is 3. The van der Waals surface area contributed by atoms with Gasteiger partial charge in [-0.25, -0.2) is 0 Å². The lowest BCUT2D eigenvalue weighted by molar-refractivity contribution is 0.770. The molecule has 0 aromatic heterocycles. The van der Waals surface area contributed by atoms with Crippen molar-refractivity contribution < 1.29 is 0 Å². The van der Waals surface area contributed by atoms with Crippen LogP contribution in [0.4, 0.5) is 17.1 Å². The van der Waals surface area contributed by atoms with Gasteiger partial charge in [0.05, 0.1) is 5.41 Å². The van der Waals surface area contributed by atoms with E-state index in [0.29, 0.717) is 0 Å². The summed E-state index contributed by atoms with van der Waals surface area (Å²) >= 11 is 0. The van der Waals surface area contributed by atoms with Crippen molar-refractivity contribution in [2.45, 2.75) is 19.3 Å². The van der Waals surface area contributed by atoms with Crippen LogP contribution in [0.3, 0.4) is 0 Å². The lowest BCUT2D eigenvalue weighted by atomic mass is 9.66. The van der Waals surface area contributed by atoms with Gasteiger partial charge in [0.2, 0.25) is 0 Å². The normalized spacial score (nSPS) is 12.7. The number of aryl methyl sites for hydroxylation is 2. The first-order valence-electron chi connectivity index (χ1n) is 23.7. The van der Waals surface area contributed by atoms with Gasteiger partial charge in [-0.2, -0.15) is 0 Å². The fourth-order valence-corrected chi connectivity index (χ4v) is 11.7. The van der Waals surface area contributed by atoms with E-state index in [9.17, 15) is 0 Å². The summed E-state index contributed by atoms with van der Waals surface area (Å²) in [6, 6.07) is 92.8. The predicted octanol–water partition coefficient (Wildman–Crippen LogP) is 18.1. The Morgan fingerprint density at radius 1 is 0.294 bits per heavy atom. The number of hydrogen-bond acceptors (Lipinski definition) is 1. The summed E-state index contributed by atoms with van der Waals surface area (Å²) in [4.78, 5) is 2.37. The third-order valence-electron chi connectivity index (χ3n) is 14.6. The molecule has 13 rings (SSSR count). The smallest absolute Gasteiger partial charge is 0.0719 e. The lowest BCUT2D eigenvalue weighted by Crippen LogP contribution is -2.29. The largest absolute Gasteiger partial charge is 0.310 e. The van der Waals surface area contributed by atoms with E-state index in [1.54, 1.807) is 0 Å². The van der Waals surface area contributed by atoms with Crippen LogP contribution < -0.4 is 4.90 Å². The molecule has 0 saturated carbocycles. The maximum Gasteiger partial charge on any atom is 0.0719 e. The highest BCUT2D eigenvalue weighted by Gasteiger charge is 2.47. The molecular formula is C67H47N. The molecule has 320 valence electrons. The van der Waals surface area contributed by atoms with Gasteiger partial charge in [-0.05, 0) is 178 Å². The van der Waals surface area contributed by atoms with E-state index in [1.165, 1.54) is 110 Å². The Kier molecular flexibility index (Phi) is 9.27. The van der Waals surface area contributed by atoms with Gasteiger partial charge in [0.25, 0.3) is 0 Å². The van der Waals surface area contributed by atoms with Gasteiger partial charge in [0, 0.05) is 17.1 Å². The van der Waals surface area contributed by atoms with Crippen LogP contribution in [-0.4, -0.2) is 0 Å². The van der Waals surface area contributed by atoms with Gasteiger partial charge < -0.3 is 4.90 Å². The summed E-state index contributed by atoms with van der Waals surface area (Å²) in [7, 11) is 0. The van der Waals surface area contributed by atoms with Crippen LogP contribution in [0.5, 0.6) is 0 Å². The zero-order valence-electron chi connectivity index (χ0n) is 38.1. The second-order valence-corrected chi connectivity index (χ2v) is 18.5. The van der Waals surface area contributed by atoms with Gasteiger partial charge in [-0.3, -0.25) is 0 Å². The van der Waals surface area contributed by atoms with E-state index >= 15 is 0 Å². The summed E-state index contributed by atoms with van der Waals surface area (Å²) in [5.74, 6) is 0. The number of nitrogens with zero attached hydrogens (tertiary/aromatic N) is 1.